The highest BCUT2D eigenvalue weighted by Gasteiger charge is 2.57. The average molecular weight is 668 g/mol. The van der Waals surface area contributed by atoms with E-state index in [9.17, 15) is 0 Å². The van der Waals surface area contributed by atoms with E-state index in [2.05, 4.69) is 166 Å². The zero-order valence-electron chi connectivity index (χ0n) is 29.2. The molecule has 0 amide bonds. The van der Waals surface area contributed by atoms with Crippen LogP contribution in [0.5, 0.6) is 0 Å². The number of aromatic nitrogens is 3. The van der Waals surface area contributed by atoms with Crippen molar-refractivity contribution in [3.63, 3.8) is 0 Å². The van der Waals surface area contributed by atoms with Gasteiger partial charge in [0.05, 0.1) is 5.41 Å². The third kappa shape index (κ3) is 4.48. The van der Waals surface area contributed by atoms with Crippen LogP contribution in [0.3, 0.4) is 0 Å². The summed E-state index contributed by atoms with van der Waals surface area (Å²) in [4.78, 5) is 15.5. The van der Waals surface area contributed by atoms with Crippen molar-refractivity contribution in [2.45, 2.75) is 30.6 Å². The van der Waals surface area contributed by atoms with Crippen molar-refractivity contribution in [1.82, 2.24) is 15.0 Å². The fourth-order valence-corrected chi connectivity index (χ4v) is 9.33. The molecule has 3 heteroatoms. The number of benzene rings is 6. The quantitative estimate of drug-likeness (QED) is 0.187. The van der Waals surface area contributed by atoms with Gasteiger partial charge in [-0.15, -0.1) is 0 Å². The van der Waals surface area contributed by atoms with Crippen molar-refractivity contribution < 1.29 is 0 Å². The lowest BCUT2D eigenvalue weighted by Gasteiger charge is -2.49. The summed E-state index contributed by atoms with van der Waals surface area (Å²) in [6, 6.07) is 54.5. The SMILES string of the molecule is CC1(C)c2ccccc2C2(c3cc(-c4nc(-c5ccccc5)nc(-c5cccc(-c6ccccc6)c5)n4)ccc3C3C=CC=CC32)c2ccccc21. The monoisotopic (exact) mass is 667 g/mol. The summed E-state index contributed by atoms with van der Waals surface area (Å²) >= 11 is 0. The minimum atomic E-state index is -0.373. The number of nitrogens with zero attached hydrogens (tertiary/aromatic N) is 3. The molecule has 2 atom stereocenters. The predicted octanol–water partition coefficient (Wildman–Crippen LogP) is 11.4. The molecule has 3 nitrogen and oxygen atoms in total. The van der Waals surface area contributed by atoms with Crippen LogP contribution in [0.15, 0.2) is 176 Å². The standard InChI is InChI=1S/C49H37N3/c1-48(2)40-24-11-13-26-42(40)49(43-27-14-12-25-41(43)48)39-23-10-9-22-37(39)38-29-28-36(31-44(38)49)47-51-45(33-18-7-4-8-19-33)50-46(52-47)35-21-15-20-34(30-35)32-16-5-3-6-17-32/h3-31,37,39H,1-2H3. The Kier molecular flexibility index (Phi) is 6.88. The van der Waals surface area contributed by atoms with Gasteiger partial charge in [0.15, 0.2) is 17.5 Å². The van der Waals surface area contributed by atoms with Gasteiger partial charge in [0.1, 0.15) is 0 Å². The Hall–Kier alpha value is -6.19. The first-order chi connectivity index (χ1) is 25.5. The highest BCUT2D eigenvalue weighted by atomic mass is 15.0. The van der Waals surface area contributed by atoms with Crippen molar-refractivity contribution >= 4 is 0 Å². The number of fused-ring (bicyclic) bond motifs is 9. The van der Waals surface area contributed by atoms with E-state index >= 15 is 0 Å². The molecule has 248 valence electrons. The molecule has 0 bridgehead atoms. The van der Waals surface area contributed by atoms with Crippen molar-refractivity contribution in [1.29, 1.82) is 0 Å². The topological polar surface area (TPSA) is 38.7 Å². The first kappa shape index (κ1) is 30.6. The lowest BCUT2D eigenvalue weighted by atomic mass is 9.53. The zero-order chi connectivity index (χ0) is 34.9. The summed E-state index contributed by atoms with van der Waals surface area (Å²) < 4.78 is 0. The van der Waals surface area contributed by atoms with E-state index in [0.717, 1.165) is 27.8 Å². The summed E-state index contributed by atoms with van der Waals surface area (Å²) in [5.41, 5.74) is 13.0. The van der Waals surface area contributed by atoms with Crippen molar-refractivity contribution in [3.8, 4) is 45.3 Å². The van der Waals surface area contributed by atoms with Crippen LogP contribution < -0.4 is 0 Å². The van der Waals surface area contributed by atoms with E-state index < -0.39 is 0 Å². The molecule has 6 aromatic carbocycles. The Morgan fingerprint density at radius 1 is 0.404 bits per heavy atom. The van der Waals surface area contributed by atoms with Gasteiger partial charge < -0.3 is 0 Å². The molecule has 0 saturated carbocycles. The summed E-state index contributed by atoms with van der Waals surface area (Å²) in [7, 11) is 0. The van der Waals surface area contributed by atoms with Crippen LogP contribution >= 0.6 is 0 Å². The summed E-state index contributed by atoms with van der Waals surface area (Å²) in [6.45, 7) is 4.75. The maximum atomic E-state index is 5.25. The molecule has 1 aromatic heterocycles. The second-order valence-electron chi connectivity index (χ2n) is 14.8. The largest absolute Gasteiger partial charge is 0.208 e. The molecule has 0 fully saturated rings. The van der Waals surface area contributed by atoms with Crippen LogP contribution in [-0.4, -0.2) is 15.0 Å². The minimum Gasteiger partial charge on any atom is -0.208 e. The van der Waals surface area contributed by atoms with E-state index in [1.807, 2.05) is 24.3 Å². The van der Waals surface area contributed by atoms with Crippen LogP contribution in [0.1, 0.15) is 53.1 Å². The van der Waals surface area contributed by atoms with Crippen LogP contribution in [0.2, 0.25) is 0 Å². The number of rotatable bonds is 4. The molecule has 1 heterocycles. The molecule has 0 saturated heterocycles. The summed E-state index contributed by atoms with van der Waals surface area (Å²) in [5.74, 6) is 2.48. The Bertz CT molecular complexity index is 2510. The van der Waals surface area contributed by atoms with Crippen LogP contribution in [0.25, 0.3) is 45.3 Å². The summed E-state index contributed by atoms with van der Waals surface area (Å²) in [6.07, 6.45) is 9.31. The molecule has 1 spiro atoms. The van der Waals surface area contributed by atoms with E-state index in [1.54, 1.807) is 0 Å². The fraction of sp³-hybridized carbons (Fsp3) is 0.122. The fourth-order valence-electron chi connectivity index (χ4n) is 9.33. The van der Waals surface area contributed by atoms with E-state index in [0.29, 0.717) is 17.5 Å². The first-order valence-electron chi connectivity index (χ1n) is 18.2. The Labute approximate surface area is 305 Å². The van der Waals surface area contributed by atoms with Crippen LogP contribution in [0.4, 0.5) is 0 Å². The third-order valence-electron chi connectivity index (χ3n) is 11.7. The van der Waals surface area contributed by atoms with Gasteiger partial charge in [-0.3, -0.25) is 0 Å². The van der Waals surface area contributed by atoms with Crippen molar-refractivity contribution in [2.24, 2.45) is 5.92 Å². The molecule has 0 aliphatic heterocycles. The van der Waals surface area contributed by atoms with Gasteiger partial charge in [-0.25, -0.2) is 15.0 Å². The predicted molar refractivity (Wildman–Crippen MR) is 211 cm³/mol. The second-order valence-corrected chi connectivity index (χ2v) is 14.8. The highest BCUT2D eigenvalue weighted by molar-refractivity contribution is 5.76. The molecular formula is C49H37N3. The van der Waals surface area contributed by atoms with Crippen LogP contribution in [0, 0.1) is 5.92 Å². The smallest absolute Gasteiger partial charge is 0.164 e. The van der Waals surface area contributed by atoms with Gasteiger partial charge in [-0.1, -0.05) is 178 Å². The summed E-state index contributed by atoms with van der Waals surface area (Å²) in [5, 5.41) is 0. The highest BCUT2D eigenvalue weighted by Crippen LogP contribution is 2.64. The Balaban J connectivity index is 1.22. The van der Waals surface area contributed by atoms with Gasteiger partial charge >= 0.3 is 0 Å². The molecular weight excluding hydrogens is 631 g/mol. The lowest BCUT2D eigenvalue weighted by Crippen LogP contribution is -2.44. The van der Waals surface area contributed by atoms with Gasteiger partial charge in [-0.2, -0.15) is 0 Å². The first-order valence-corrected chi connectivity index (χ1v) is 18.2. The van der Waals surface area contributed by atoms with Crippen LogP contribution in [-0.2, 0) is 10.8 Å². The van der Waals surface area contributed by atoms with Gasteiger partial charge in [0.25, 0.3) is 0 Å². The van der Waals surface area contributed by atoms with E-state index in [1.165, 1.54) is 33.4 Å². The average Bonchev–Trinajstić information content (AvgIpc) is 3.51. The van der Waals surface area contributed by atoms with Crippen molar-refractivity contribution in [2.75, 3.05) is 0 Å². The lowest BCUT2D eigenvalue weighted by molar-refractivity contribution is 0.420. The molecule has 0 N–H and O–H groups in total. The molecule has 2 unspecified atom stereocenters. The molecule has 52 heavy (non-hydrogen) atoms. The zero-order valence-corrected chi connectivity index (χ0v) is 29.2. The van der Waals surface area contributed by atoms with E-state index in [-0.39, 0.29) is 22.7 Å². The number of allylic oxidation sites excluding steroid dienone is 4. The molecule has 0 radical (unpaired) electrons. The minimum absolute atomic E-state index is 0.134. The van der Waals surface area contributed by atoms with Gasteiger partial charge in [-0.05, 0) is 56.6 Å². The second kappa shape index (κ2) is 11.7. The van der Waals surface area contributed by atoms with Gasteiger partial charge in [0.2, 0.25) is 0 Å². The molecule has 7 aromatic rings. The van der Waals surface area contributed by atoms with E-state index in [4.69, 9.17) is 15.0 Å². The number of hydrogen-bond acceptors (Lipinski definition) is 3. The molecule has 3 aliphatic carbocycles. The molecule has 10 rings (SSSR count). The normalized spacial score (nSPS) is 18.3. The molecule has 3 aliphatic rings. The Morgan fingerprint density at radius 3 is 1.56 bits per heavy atom. The maximum absolute atomic E-state index is 5.25. The number of hydrogen-bond donors (Lipinski definition) is 0. The third-order valence-corrected chi connectivity index (χ3v) is 11.7. The Morgan fingerprint density at radius 2 is 0.904 bits per heavy atom. The van der Waals surface area contributed by atoms with Crippen molar-refractivity contribution in [3.05, 3.63) is 209 Å². The van der Waals surface area contributed by atoms with Gasteiger partial charge in [0, 0.05) is 33.9 Å². The maximum Gasteiger partial charge on any atom is 0.164 e.